The molecule has 0 saturated carbocycles. The summed E-state index contributed by atoms with van der Waals surface area (Å²) in [6.07, 6.45) is 1.19. The van der Waals surface area contributed by atoms with Crippen LogP contribution in [0.1, 0.15) is 26.3 Å². The van der Waals surface area contributed by atoms with Crippen molar-refractivity contribution < 1.29 is 14.3 Å². The number of nitrogens with zero attached hydrogens (tertiary/aromatic N) is 2. The molecule has 0 aliphatic heterocycles. The van der Waals surface area contributed by atoms with Crippen molar-refractivity contribution in [1.29, 1.82) is 0 Å². The molecule has 0 aliphatic rings. The summed E-state index contributed by atoms with van der Waals surface area (Å²) in [4.78, 5) is 18.7. The number of aryl methyl sites for hydroxylation is 1. The average molecular weight is 376 g/mol. The Kier molecular flexibility index (Phi) is 5.64. The fraction of sp³-hybridized carbons (Fsp3) is 0.217. The number of pyridine rings is 1. The van der Waals surface area contributed by atoms with Crippen molar-refractivity contribution >= 4 is 17.6 Å². The standard InChI is InChI=1S/C23H24N2O3/c1-17-14-15-24-21(16-17)25(22(26)28-23(2,3)4)18-10-12-20(13-11-18)27-19-8-6-5-7-9-19/h5-16H,1-4H3. The van der Waals surface area contributed by atoms with Crippen molar-refractivity contribution in [2.45, 2.75) is 33.3 Å². The van der Waals surface area contributed by atoms with Gasteiger partial charge in [-0.3, -0.25) is 0 Å². The van der Waals surface area contributed by atoms with Gasteiger partial charge in [-0.15, -0.1) is 0 Å². The van der Waals surface area contributed by atoms with Gasteiger partial charge >= 0.3 is 6.09 Å². The lowest BCUT2D eigenvalue weighted by Crippen LogP contribution is -2.34. The first-order chi connectivity index (χ1) is 13.3. The van der Waals surface area contributed by atoms with Gasteiger partial charge in [0, 0.05) is 6.20 Å². The zero-order valence-electron chi connectivity index (χ0n) is 16.5. The number of para-hydroxylation sites is 1. The third kappa shape index (κ3) is 5.10. The van der Waals surface area contributed by atoms with Gasteiger partial charge in [0.05, 0.1) is 5.69 Å². The lowest BCUT2D eigenvalue weighted by atomic mass is 10.2. The van der Waals surface area contributed by atoms with Crippen LogP contribution in [0.5, 0.6) is 11.5 Å². The first-order valence-electron chi connectivity index (χ1n) is 9.10. The molecule has 0 unspecified atom stereocenters. The normalized spacial score (nSPS) is 11.0. The summed E-state index contributed by atoms with van der Waals surface area (Å²) in [5.41, 5.74) is 1.03. The second-order valence-corrected chi connectivity index (χ2v) is 7.42. The number of carbonyl (C=O) groups is 1. The molecule has 144 valence electrons. The van der Waals surface area contributed by atoms with Crippen LogP contribution in [-0.4, -0.2) is 16.7 Å². The van der Waals surface area contributed by atoms with Crippen LogP contribution in [0.4, 0.5) is 16.3 Å². The Morgan fingerprint density at radius 2 is 1.57 bits per heavy atom. The highest BCUT2D eigenvalue weighted by Gasteiger charge is 2.26. The van der Waals surface area contributed by atoms with E-state index in [2.05, 4.69) is 4.98 Å². The van der Waals surface area contributed by atoms with E-state index in [1.165, 1.54) is 4.90 Å². The van der Waals surface area contributed by atoms with E-state index >= 15 is 0 Å². The van der Waals surface area contributed by atoms with E-state index in [4.69, 9.17) is 9.47 Å². The fourth-order valence-corrected chi connectivity index (χ4v) is 2.57. The molecule has 0 aliphatic carbocycles. The van der Waals surface area contributed by atoms with E-state index in [0.29, 0.717) is 17.3 Å². The summed E-state index contributed by atoms with van der Waals surface area (Å²) in [5, 5.41) is 0. The molecule has 0 saturated heterocycles. The second kappa shape index (κ2) is 8.13. The maximum absolute atomic E-state index is 12.9. The van der Waals surface area contributed by atoms with Crippen molar-refractivity contribution in [3.8, 4) is 11.5 Å². The topological polar surface area (TPSA) is 51.7 Å². The molecule has 0 bridgehead atoms. The number of rotatable bonds is 4. The molecular formula is C23H24N2O3. The zero-order chi connectivity index (χ0) is 20.1. The van der Waals surface area contributed by atoms with E-state index in [9.17, 15) is 4.79 Å². The van der Waals surface area contributed by atoms with Crippen LogP contribution in [0, 0.1) is 6.92 Å². The van der Waals surface area contributed by atoms with Crippen LogP contribution in [0.2, 0.25) is 0 Å². The summed E-state index contributed by atoms with van der Waals surface area (Å²) < 4.78 is 11.4. The van der Waals surface area contributed by atoms with Crippen LogP contribution >= 0.6 is 0 Å². The van der Waals surface area contributed by atoms with Gasteiger partial charge in [-0.1, -0.05) is 18.2 Å². The minimum Gasteiger partial charge on any atom is -0.457 e. The van der Waals surface area contributed by atoms with Gasteiger partial charge in [0.25, 0.3) is 0 Å². The van der Waals surface area contributed by atoms with Crippen LogP contribution < -0.4 is 9.64 Å². The predicted octanol–water partition coefficient (Wildman–Crippen LogP) is 6.26. The summed E-state index contributed by atoms with van der Waals surface area (Å²) in [6.45, 7) is 7.46. The number of hydrogen-bond acceptors (Lipinski definition) is 4. The Labute approximate surface area is 165 Å². The third-order valence-corrected chi connectivity index (χ3v) is 3.78. The highest BCUT2D eigenvalue weighted by atomic mass is 16.6. The smallest absolute Gasteiger partial charge is 0.420 e. The summed E-state index contributed by atoms with van der Waals surface area (Å²) in [7, 11) is 0. The second-order valence-electron chi connectivity index (χ2n) is 7.42. The van der Waals surface area contributed by atoms with Gasteiger partial charge in [-0.05, 0) is 81.8 Å². The Morgan fingerprint density at radius 3 is 2.18 bits per heavy atom. The Bertz CT molecular complexity index is 932. The van der Waals surface area contributed by atoms with Crippen molar-refractivity contribution in [3.05, 3.63) is 78.5 Å². The van der Waals surface area contributed by atoms with Crippen molar-refractivity contribution in [1.82, 2.24) is 4.98 Å². The summed E-state index contributed by atoms with van der Waals surface area (Å²) >= 11 is 0. The van der Waals surface area contributed by atoms with Crippen LogP contribution in [0.25, 0.3) is 0 Å². The van der Waals surface area contributed by atoms with Gasteiger partial charge in [-0.25, -0.2) is 14.7 Å². The molecule has 1 amide bonds. The van der Waals surface area contributed by atoms with E-state index in [0.717, 1.165) is 11.3 Å². The number of ether oxygens (including phenoxy) is 2. The highest BCUT2D eigenvalue weighted by Crippen LogP contribution is 2.30. The van der Waals surface area contributed by atoms with Crippen molar-refractivity contribution in [3.63, 3.8) is 0 Å². The molecule has 0 spiro atoms. The molecule has 1 aromatic heterocycles. The molecular weight excluding hydrogens is 352 g/mol. The van der Waals surface area contributed by atoms with Gasteiger partial charge in [0.1, 0.15) is 22.9 Å². The SMILES string of the molecule is Cc1ccnc(N(C(=O)OC(C)(C)C)c2ccc(Oc3ccccc3)cc2)c1. The summed E-state index contributed by atoms with van der Waals surface area (Å²) in [6, 6.07) is 20.5. The number of hydrogen-bond donors (Lipinski definition) is 0. The summed E-state index contributed by atoms with van der Waals surface area (Å²) in [5.74, 6) is 1.93. The zero-order valence-corrected chi connectivity index (χ0v) is 16.5. The molecule has 3 rings (SSSR count). The van der Waals surface area contributed by atoms with Crippen LogP contribution in [0.3, 0.4) is 0 Å². The molecule has 0 radical (unpaired) electrons. The van der Waals surface area contributed by atoms with E-state index < -0.39 is 11.7 Å². The monoisotopic (exact) mass is 376 g/mol. The molecule has 2 aromatic carbocycles. The molecule has 5 heteroatoms. The van der Waals surface area contributed by atoms with Gasteiger partial charge in [-0.2, -0.15) is 0 Å². The third-order valence-electron chi connectivity index (χ3n) is 3.78. The number of carbonyl (C=O) groups excluding carboxylic acids is 1. The van der Waals surface area contributed by atoms with Gasteiger partial charge in [0.2, 0.25) is 0 Å². The first-order valence-corrected chi connectivity index (χ1v) is 9.10. The van der Waals surface area contributed by atoms with Crippen LogP contribution in [0.15, 0.2) is 72.9 Å². The number of amides is 1. The van der Waals surface area contributed by atoms with E-state index in [-0.39, 0.29) is 0 Å². The lowest BCUT2D eigenvalue weighted by molar-refractivity contribution is 0.0598. The first kappa shape index (κ1) is 19.4. The molecule has 0 fully saturated rings. The molecule has 5 nitrogen and oxygen atoms in total. The lowest BCUT2D eigenvalue weighted by Gasteiger charge is -2.27. The van der Waals surface area contributed by atoms with Crippen LogP contribution in [-0.2, 0) is 4.74 Å². The predicted molar refractivity (Wildman–Crippen MR) is 110 cm³/mol. The average Bonchev–Trinajstić information content (AvgIpc) is 2.63. The Morgan fingerprint density at radius 1 is 0.929 bits per heavy atom. The van der Waals surface area contributed by atoms with Gasteiger partial charge in [0.15, 0.2) is 0 Å². The maximum atomic E-state index is 12.9. The molecule has 0 atom stereocenters. The quantitative estimate of drug-likeness (QED) is 0.539. The molecule has 28 heavy (non-hydrogen) atoms. The van der Waals surface area contributed by atoms with E-state index in [1.807, 2.05) is 94.4 Å². The highest BCUT2D eigenvalue weighted by molar-refractivity contribution is 5.95. The molecule has 1 heterocycles. The Hall–Kier alpha value is -3.34. The number of anilines is 2. The van der Waals surface area contributed by atoms with E-state index in [1.54, 1.807) is 6.20 Å². The Balaban J connectivity index is 1.90. The fourth-order valence-electron chi connectivity index (χ4n) is 2.57. The minimum atomic E-state index is -0.616. The minimum absolute atomic E-state index is 0.484. The van der Waals surface area contributed by atoms with Crippen molar-refractivity contribution in [2.24, 2.45) is 0 Å². The van der Waals surface area contributed by atoms with Gasteiger partial charge < -0.3 is 9.47 Å². The molecule has 0 N–H and O–H groups in total. The molecule has 3 aromatic rings. The van der Waals surface area contributed by atoms with Crippen molar-refractivity contribution in [2.75, 3.05) is 4.90 Å². The maximum Gasteiger partial charge on any atom is 0.420 e. The number of aromatic nitrogens is 1. The number of benzene rings is 2. The largest absolute Gasteiger partial charge is 0.457 e.